The summed E-state index contributed by atoms with van der Waals surface area (Å²) in [5.41, 5.74) is 2.13. The molecule has 2 aromatic heterocycles. The van der Waals surface area contributed by atoms with Gasteiger partial charge in [0.1, 0.15) is 22.5 Å². The maximum Gasteiger partial charge on any atom is 0.410 e. The molecule has 176 valence electrons. The van der Waals surface area contributed by atoms with E-state index in [9.17, 15) is 23.2 Å². The van der Waals surface area contributed by atoms with Crippen LogP contribution in [0.4, 0.5) is 24.0 Å². The van der Waals surface area contributed by atoms with Gasteiger partial charge in [0.15, 0.2) is 6.04 Å². The van der Waals surface area contributed by atoms with Gasteiger partial charge in [0, 0.05) is 11.3 Å². The molecular formula is C24H22F3N5OS. The van der Waals surface area contributed by atoms with Crippen LogP contribution >= 0.6 is 11.3 Å². The van der Waals surface area contributed by atoms with Gasteiger partial charge in [-0.1, -0.05) is 37.3 Å². The van der Waals surface area contributed by atoms with Crippen LogP contribution in [0.2, 0.25) is 0 Å². The third kappa shape index (κ3) is 3.94. The third-order valence-electron chi connectivity index (χ3n) is 6.54. The first kappa shape index (κ1) is 22.5. The lowest BCUT2D eigenvalue weighted by molar-refractivity contribution is -0.173. The van der Waals surface area contributed by atoms with Gasteiger partial charge in [0.05, 0.1) is 17.8 Å². The predicted octanol–water partition coefficient (Wildman–Crippen LogP) is 5.85. The number of nitrogens with zero attached hydrogens (tertiary/aromatic N) is 3. The molecule has 5 rings (SSSR count). The van der Waals surface area contributed by atoms with E-state index in [1.54, 1.807) is 30.3 Å². The minimum atomic E-state index is -4.53. The Morgan fingerprint density at radius 3 is 2.79 bits per heavy atom. The van der Waals surface area contributed by atoms with Crippen LogP contribution in [0.25, 0.3) is 0 Å². The van der Waals surface area contributed by atoms with Gasteiger partial charge in [0.2, 0.25) is 0 Å². The zero-order chi connectivity index (χ0) is 24.0. The third-order valence-corrected chi connectivity index (χ3v) is 7.71. The summed E-state index contributed by atoms with van der Waals surface area (Å²) in [6.07, 6.45) is -1.000. The maximum atomic E-state index is 13.9. The van der Waals surface area contributed by atoms with E-state index in [1.807, 2.05) is 0 Å². The molecule has 10 heteroatoms. The highest BCUT2D eigenvalue weighted by atomic mass is 32.1. The molecule has 2 N–H and O–H groups in total. The summed E-state index contributed by atoms with van der Waals surface area (Å²) in [6.45, 7) is 2.15. The van der Waals surface area contributed by atoms with E-state index in [1.165, 1.54) is 11.3 Å². The Morgan fingerprint density at radius 1 is 1.32 bits per heavy atom. The number of fused-ring (bicyclic) bond motifs is 2. The van der Waals surface area contributed by atoms with E-state index in [-0.39, 0.29) is 17.8 Å². The first-order chi connectivity index (χ1) is 16.3. The zero-order valence-corrected chi connectivity index (χ0v) is 19.1. The molecule has 3 atom stereocenters. The van der Waals surface area contributed by atoms with E-state index in [0.717, 1.165) is 40.6 Å². The smallest absolute Gasteiger partial charge is 0.363 e. The highest BCUT2D eigenvalue weighted by Crippen LogP contribution is 2.45. The van der Waals surface area contributed by atoms with Crippen LogP contribution in [0.15, 0.2) is 36.5 Å². The first-order valence-electron chi connectivity index (χ1n) is 11.1. The van der Waals surface area contributed by atoms with Crippen molar-refractivity contribution < 1.29 is 18.0 Å². The molecule has 0 saturated heterocycles. The van der Waals surface area contributed by atoms with Crippen molar-refractivity contribution in [1.29, 1.82) is 5.26 Å². The number of aromatic nitrogens is 2. The molecule has 3 heterocycles. The first-order valence-corrected chi connectivity index (χ1v) is 11.9. The summed E-state index contributed by atoms with van der Waals surface area (Å²) in [5, 5.41) is 19.9. The van der Waals surface area contributed by atoms with Crippen LogP contribution in [0.3, 0.4) is 0 Å². The summed E-state index contributed by atoms with van der Waals surface area (Å²) < 4.78 is 42.6. The second-order valence-corrected chi connectivity index (χ2v) is 9.98. The summed E-state index contributed by atoms with van der Waals surface area (Å²) >= 11 is 1.37. The van der Waals surface area contributed by atoms with Crippen LogP contribution < -0.4 is 10.6 Å². The average Bonchev–Trinajstić information content (AvgIpc) is 3.38. The fourth-order valence-electron chi connectivity index (χ4n) is 4.76. The fourth-order valence-corrected chi connectivity index (χ4v) is 6.12. The highest BCUT2D eigenvalue weighted by molar-refractivity contribution is 7.16. The Labute approximate surface area is 198 Å². The van der Waals surface area contributed by atoms with Crippen molar-refractivity contribution in [3.8, 4) is 6.07 Å². The van der Waals surface area contributed by atoms with E-state index in [2.05, 4.69) is 28.7 Å². The normalized spacial score (nSPS) is 21.7. The van der Waals surface area contributed by atoms with Gasteiger partial charge in [0.25, 0.3) is 5.91 Å². The molecule has 3 aromatic rings. The van der Waals surface area contributed by atoms with Gasteiger partial charge in [-0.3, -0.25) is 4.79 Å². The molecule has 0 radical (unpaired) electrons. The van der Waals surface area contributed by atoms with Crippen molar-refractivity contribution in [2.75, 3.05) is 10.6 Å². The Bertz CT molecular complexity index is 1270. The number of nitriles is 1. The number of hydrogen-bond acceptors (Lipinski definition) is 5. The van der Waals surface area contributed by atoms with Crippen molar-refractivity contribution in [2.24, 2.45) is 5.92 Å². The van der Waals surface area contributed by atoms with Gasteiger partial charge in [-0.25, -0.2) is 4.68 Å². The minimum absolute atomic E-state index is 0.0125. The molecule has 6 nitrogen and oxygen atoms in total. The molecular weight excluding hydrogens is 463 g/mol. The average molecular weight is 486 g/mol. The lowest BCUT2D eigenvalue weighted by Crippen LogP contribution is -2.36. The quantitative estimate of drug-likeness (QED) is 0.487. The Morgan fingerprint density at radius 2 is 2.09 bits per heavy atom. The topological polar surface area (TPSA) is 82.7 Å². The van der Waals surface area contributed by atoms with E-state index >= 15 is 0 Å². The maximum absolute atomic E-state index is 13.9. The van der Waals surface area contributed by atoms with Crippen LogP contribution in [0.5, 0.6) is 0 Å². The molecule has 1 aromatic carbocycles. The number of benzene rings is 1. The van der Waals surface area contributed by atoms with Gasteiger partial charge in [-0.15, -0.1) is 11.3 Å². The number of anilines is 2. The molecule has 0 unspecified atom stereocenters. The number of rotatable bonds is 3. The van der Waals surface area contributed by atoms with Crippen LogP contribution in [0, 0.1) is 17.2 Å². The van der Waals surface area contributed by atoms with Gasteiger partial charge in [-0.05, 0) is 36.3 Å². The second-order valence-electron chi connectivity index (χ2n) is 8.87. The molecule has 1 aliphatic carbocycles. The lowest BCUT2D eigenvalue weighted by atomic mass is 9.88. The standard InChI is InChI=1S/C24H22F3N5OS/c1-13-7-8-15-16(11-28)23(34-19(15)9-13)31-22(33)17-12-29-32-20(24(25,26)27)10-18(30-21(17)32)14-5-3-2-4-6-14/h2-6,12-13,18,20,30H,7-10H2,1H3,(H,31,33)/t13-,18-,20+/m0/s1. The highest BCUT2D eigenvalue weighted by Gasteiger charge is 2.47. The molecule has 2 aliphatic rings. The van der Waals surface area contributed by atoms with E-state index in [4.69, 9.17) is 0 Å². The number of carbonyl (C=O) groups is 1. The van der Waals surface area contributed by atoms with Gasteiger partial charge in [-0.2, -0.15) is 23.5 Å². The van der Waals surface area contributed by atoms with Crippen LogP contribution in [-0.4, -0.2) is 21.9 Å². The summed E-state index contributed by atoms with van der Waals surface area (Å²) in [6, 6.07) is 8.55. The van der Waals surface area contributed by atoms with Gasteiger partial charge < -0.3 is 10.6 Å². The van der Waals surface area contributed by atoms with Gasteiger partial charge >= 0.3 is 6.18 Å². The van der Waals surface area contributed by atoms with Crippen molar-refractivity contribution in [3.63, 3.8) is 0 Å². The number of hydrogen-bond donors (Lipinski definition) is 2. The van der Waals surface area contributed by atoms with Crippen LogP contribution in [-0.2, 0) is 12.8 Å². The number of halogens is 3. The number of nitrogens with one attached hydrogen (secondary N) is 2. The monoisotopic (exact) mass is 485 g/mol. The molecule has 1 amide bonds. The number of alkyl halides is 3. The number of thiophene rings is 1. The lowest BCUT2D eigenvalue weighted by Gasteiger charge is -2.34. The number of amides is 1. The largest absolute Gasteiger partial charge is 0.410 e. The molecule has 34 heavy (non-hydrogen) atoms. The van der Waals surface area contributed by atoms with E-state index < -0.39 is 24.2 Å². The van der Waals surface area contributed by atoms with E-state index in [0.29, 0.717) is 22.0 Å². The predicted molar refractivity (Wildman–Crippen MR) is 123 cm³/mol. The molecule has 0 spiro atoms. The van der Waals surface area contributed by atoms with Crippen molar-refractivity contribution >= 4 is 28.1 Å². The number of carbonyl (C=O) groups excluding carboxylic acids is 1. The Hall–Kier alpha value is -3.32. The summed E-state index contributed by atoms with van der Waals surface area (Å²) in [7, 11) is 0. The zero-order valence-electron chi connectivity index (χ0n) is 18.3. The van der Waals surface area contributed by atoms with Crippen LogP contribution in [0.1, 0.15) is 63.8 Å². The van der Waals surface area contributed by atoms with Crippen molar-refractivity contribution in [3.05, 3.63) is 63.7 Å². The minimum Gasteiger partial charge on any atom is -0.363 e. The summed E-state index contributed by atoms with van der Waals surface area (Å²) in [5.74, 6) is -0.0673. The second kappa shape index (κ2) is 8.47. The van der Waals surface area contributed by atoms with Crippen molar-refractivity contribution in [1.82, 2.24) is 9.78 Å². The Balaban J connectivity index is 1.48. The molecule has 0 bridgehead atoms. The fraction of sp³-hybridized carbons (Fsp3) is 0.375. The Kier molecular flexibility index (Phi) is 5.60. The molecule has 0 fully saturated rings. The molecule has 0 saturated carbocycles. The van der Waals surface area contributed by atoms with Crippen molar-refractivity contribution in [2.45, 2.75) is 50.9 Å². The molecule has 1 aliphatic heterocycles. The summed E-state index contributed by atoms with van der Waals surface area (Å²) in [4.78, 5) is 14.3. The SMILES string of the molecule is C[C@H]1CCc2c(sc(NC(=O)c3cnn4c3N[C@H](c3ccccc3)C[C@@H]4C(F)(F)F)c2C#N)C1.